The van der Waals surface area contributed by atoms with E-state index in [1.807, 2.05) is 0 Å². The molecule has 1 N–H and O–H groups in total. The van der Waals surface area contributed by atoms with Crippen molar-refractivity contribution in [3.8, 4) is 0 Å². The number of rotatable bonds is 8. The van der Waals surface area contributed by atoms with Crippen LogP contribution in [0.5, 0.6) is 0 Å². The number of aryl methyl sites for hydroxylation is 1. The van der Waals surface area contributed by atoms with E-state index in [0.29, 0.717) is 12.0 Å². The molecule has 2 atom stereocenters. The van der Waals surface area contributed by atoms with Gasteiger partial charge in [-0.15, -0.1) is 11.3 Å². The second-order valence-electron chi connectivity index (χ2n) is 4.51. The van der Waals surface area contributed by atoms with E-state index in [0.717, 1.165) is 31.7 Å². The maximum absolute atomic E-state index is 5.15. The molecule has 4 heteroatoms. The summed E-state index contributed by atoms with van der Waals surface area (Å²) in [5, 5.41) is 6.92. The van der Waals surface area contributed by atoms with Gasteiger partial charge in [0.05, 0.1) is 5.01 Å². The Morgan fingerprint density at radius 2 is 2.29 bits per heavy atom. The van der Waals surface area contributed by atoms with Crippen LogP contribution >= 0.6 is 11.3 Å². The first-order valence-electron chi connectivity index (χ1n) is 6.30. The molecular weight excluding hydrogens is 232 g/mol. The Morgan fingerprint density at radius 1 is 1.53 bits per heavy atom. The minimum absolute atomic E-state index is 0.501. The van der Waals surface area contributed by atoms with Gasteiger partial charge in [-0.05, 0) is 25.8 Å². The fourth-order valence-electron chi connectivity index (χ4n) is 1.93. The zero-order valence-corrected chi connectivity index (χ0v) is 12.1. The van der Waals surface area contributed by atoms with E-state index in [1.165, 1.54) is 5.01 Å². The number of hydrogen-bond acceptors (Lipinski definition) is 4. The normalized spacial score (nSPS) is 14.8. The van der Waals surface area contributed by atoms with Crippen molar-refractivity contribution in [2.75, 3.05) is 20.3 Å². The molecule has 0 spiro atoms. The molecule has 98 valence electrons. The molecule has 1 heterocycles. The number of nitrogens with zero attached hydrogens (tertiary/aromatic N) is 1. The minimum Gasteiger partial charge on any atom is -0.385 e. The monoisotopic (exact) mass is 256 g/mol. The van der Waals surface area contributed by atoms with Gasteiger partial charge in [-0.2, -0.15) is 0 Å². The van der Waals surface area contributed by atoms with Gasteiger partial charge in [0.2, 0.25) is 0 Å². The molecule has 0 aliphatic rings. The van der Waals surface area contributed by atoms with Crippen molar-refractivity contribution in [2.45, 2.75) is 39.7 Å². The van der Waals surface area contributed by atoms with Crippen LogP contribution in [0.2, 0.25) is 0 Å². The Bertz CT molecular complexity index is 314. The molecule has 0 aromatic carbocycles. The fourth-order valence-corrected chi connectivity index (χ4v) is 2.76. The lowest BCUT2D eigenvalue weighted by Crippen LogP contribution is -2.37. The average molecular weight is 256 g/mol. The zero-order valence-electron chi connectivity index (χ0n) is 11.3. The van der Waals surface area contributed by atoms with Gasteiger partial charge >= 0.3 is 0 Å². The first kappa shape index (κ1) is 14.6. The van der Waals surface area contributed by atoms with Gasteiger partial charge in [0, 0.05) is 37.3 Å². The summed E-state index contributed by atoms with van der Waals surface area (Å²) in [5.41, 5.74) is 1.13. The van der Waals surface area contributed by atoms with Crippen LogP contribution in [0.15, 0.2) is 5.38 Å². The van der Waals surface area contributed by atoms with Crippen LogP contribution in [-0.2, 0) is 11.2 Å². The second-order valence-corrected chi connectivity index (χ2v) is 5.45. The third-order valence-corrected chi connectivity index (χ3v) is 3.98. The number of methoxy groups -OCH3 is 1. The Hall–Kier alpha value is -0.450. The van der Waals surface area contributed by atoms with Gasteiger partial charge in [0.1, 0.15) is 0 Å². The van der Waals surface area contributed by atoms with E-state index in [-0.39, 0.29) is 0 Å². The maximum atomic E-state index is 5.15. The molecule has 0 radical (unpaired) electrons. The van der Waals surface area contributed by atoms with Gasteiger partial charge < -0.3 is 10.1 Å². The molecule has 0 amide bonds. The summed E-state index contributed by atoms with van der Waals surface area (Å²) in [6.45, 7) is 8.33. The Morgan fingerprint density at radius 3 is 2.82 bits per heavy atom. The van der Waals surface area contributed by atoms with Crippen LogP contribution in [-0.4, -0.2) is 31.3 Å². The number of ether oxygens (including phenoxy) is 1. The lowest BCUT2D eigenvalue weighted by atomic mass is 9.96. The second kappa shape index (κ2) is 7.80. The van der Waals surface area contributed by atoms with Crippen molar-refractivity contribution in [3.05, 3.63) is 16.1 Å². The molecule has 1 rings (SSSR count). The molecule has 0 saturated heterocycles. The van der Waals surface area contributed by atoms with Crippen molar-refractivity contribution < 1.29 is 4.74 Å². The number of hydrogen-bond donors (Lipinski definition) is 1. The van der Waals surface area contributed by atoms with Gasteiger partial charge in [-0.25, -0.2) is 4.98 Å². The van der Waals surface area contributed by atoms with Crippen LogP contribution in [0.25, 0.3) is 0 Å². The highest BCUT2D eigenvalue weighted by Gasteiger charge is 2.17. The van der Waals surface area contributed by atoms with E-state index in [2.05, 4.69) is 36.5 Å². The highest BCUT2D eigenvalue weighted by Crippen LogP contribution is 2.17. The van der Waals surface area contributed by atoms with E-state index >= 15 is 0 Å². The lowest BCUT2D eigenvalue weighted by molar-refractivity contribution is 0.170. The van der Waals surface area contributed by atoms with Gasteiger partial charge in [0.15, 0.2) is 0 Å². The molecule has 1 aromatic heterocycles. The van der Waals surface area contributed by atoms with Crippen molar-refractivity contribution in [3.63, 3.8) is 0 Å². The molecule has 0 saturated carbocycles. The summed E-state index contributed by atoms with van der Waals surface area (Å²) in [5.74, 6) is 0.610. The van der Waals surface area contributed by atoms with Crippen LogP contribution in [0, 0.1) is 12.8 Å². The van der Waals surface area contributed by atoms with Gasteiger partial charge in [0.25, 0.3) is 0 Å². The SMILES string of the molecule is CCNC(Cc1nc(C)cs1)C(C)CCOC. The predicted molar refractivity (Wildman–Crippen MR) is 73.7 cm³/mol. The average Bonchev–Trinajstić information content (AvgIpc) is 2.71. The third kappa shape index (κ3) is 5.15. The molecule has 0 aliphatic heterocycles. The summed E-state index contributed by atoms with van der Waals surface area (Å²) >= 11 is 1.76. The van der Waals surface area contributed by atoms with E-state index in [9.17, 15) is 0 Å². The molecule has 1 aromatic rings. The number of aromatic nitrogens is 1. The third-order valence-electron chi connectivity index (χ3n) is 2.99. The predicted octanol–water partition coefficient (Wildman–Crippen LogP) is 2.64. The molecule has 3 nitrogen and oxygen atoms in total. The first-order valence-corrected chi connectivity index (χ1v) is 7.18. The summed E-state index contributed by atoms with van der Waals surface area (Å²) in [4.78, 5) is 4.54. The van der Waals surface area contributed by atoms with Gasteiger partial charge in [-0.3, -0.25) is 0 Å². The quantitative estimate of drug-likeness (QED) is 0.776. The van der Waals surface area contributed by atoms with Crippen molar-refractivity contribution >= 4 is 11.3 Å². The summed E-state index contributed by atoms with van der Waals surface area (Å²) < 4.78 is 5.15. The standard InChI is InChI=1S/C13H24N2OS/c1-5-14-12(10(2)6-7-16-4)8-13-15-11(3)9-17-13/h9-10,12,14H,5-8H2,1-4H3. The summed E-state index contributed by atoms with van der Waals surface area (Å²) in [7, 11) is 1.76. The molecule has 0 bridgehead atoms. The highest BCUT2D eigenvalue weighted by molar-refractivity contribution is 7.09. The first-order chi connectivity index (χ1) is 8.17. The number of nitrogens with one attached hydrogen (secondary N) is 1. The van der Waals surface area contributed by atoms with E-state index in [4.69, 9.17) is 4.74 Å². The zero-order chi connectivity index (χ0) is 12.7. The van der Waals surface area contributed by atoms with Crippen molar-refractivity contribution in [1.82, 2.24) is 10.3 Å². The van der Waals surface area contributed by atoms with Crippen LogP contribution in [0.1, 0.15) is 31.0 Å². The topological polar surface area (TPSA) is 34.2 Å². The van der Waals surface area contributed by atoms with E-state index < -0.39 is 0 Å². The molecule has 2 unspecified atom stereocenters. The van der Waals surface area contributed by atoms with Crippen molar-refractivity contribution in [1.29, 1.82) is 0 Å². The lowest BCUT2D eigenvalue weighted by Gasteiger charge is -2.23. The Kier molecular flexibility index (Phi) is 6.70. The number of thiazole rings is 1. The minimum atomic E-state index is 0.501. The smallest absolute Gasteiger partial charge is 0.0943 e. The van der Waals surface area contributed by atoms with E-state index in [1.54, 1.807) is 18.4 Å². The van der Waals surface area contributed by atoms with Crippen LogP contribution in [0.3, 0.4) is 0 Å². The molecule has 0 aliphatic carbocycles. The van der Waals surface area contributed by atoms with Crippen LogP contribution in [0.4, 0.5) is 0 Å². The molecular formula is C13H24N2OS. The summed E-state index contributed by atoms with van der Waals surface area (Å²) in [6.07, 6.45) is 2.12. The molecule has 0 fully saturated rings. The highest BCUT2D eigenvalue weighted by atomic mass is 32.1. The number of likely N-dealkylation sites (N-methyl/N-ethyl adjacent to an activating group) is 1. The van der Waals surface area contributed by atoms with Crippen LogP contribution < -0.4 is 5.32 Å². The maximum Gasteiger partial charge on any atom is 0.0943 e. The Balaban J connectivity index is 2.52. The fraction of sp³-hybridized carbons (Fsp3) is 0.769. The van der Waals surface area contributed by atoms with Crippen molar-refractivity contribution in [2.24, 2.45) is 5.92 Å². The molecule has 17 heavy (non-hydrogen) atoms. The van der Waals surface area contributed by atoms with Gasteiger partial charge in [-0.1, -0.05) is 13.8 Å². The summed E-state index contributed by atoms with van der Waals surface area (Å²) in [6, 6.07) is 0.501. The largest absolute Gasteiger partial charge is 0.385 e. The Labute approximate surface area is 109 Å².